The summed E-state index contributed by atoms with van der Waals surface area (Å²) in [5.41, 5.74) is 0.831. The van der Waals surface area contributed by atoms with E-state index in [1.165, 1.54) is 25.7 Å². The normalized spacial score (nSPS) is 49.0. The van der Waals surface area contributed by atoms with Crippen LogP contribution < -0.4 is 5.32 Å². The van der Waals surface area contributed by atoms with Crippen LogP contribution >= 0.6 is 12.4 Å². The molecule has 4 aliphatic carbocycles. The fraction of sp³-hybridized carbons (Fsp3) is 0.944. The van der Waals surface area contributed by atoms with Crippen molar-refractivity contribution in [3.8, 4) is 0 Å². The summed E-state index contributed by atoms with van der Waals surface area (Å²) in [5.74, 6) is 1.27. The summed E-state index contributed by atoms with van der Waals surface area (Å²) in [7, 11) is 2.06. The first kappa shape index (κ1) is 16.6. The van der Waals surface area contributed by atoms with Crippen LogP contribution in [0.15, 0.2) is 0 Å². The number of amides is 1. The van der Waals surface area contributed by atoms with Gasteiger partial charge >= 0.3 is 0 Å². The lowest BCUT2D eigenvalue weighted by Gasteiger charge is -2.65. The second kappa shape index (κ2) is 5.11. The van der Waals surface area contributed by atoms with Crippen molar-refractivity contribution < 1.29 is 4.79 Å². The predicted octanol–water partition coefficient (Wildman–Crippen LogP) is 3.23. The molecule has 4 saturated carbocycles. The molecule has 0 aromatic heterocycles. The smallest absolute Gasteiger partial charge is 0.228 e. The van der Waals surface area contributed by atoms with Crippen LogP contribution in [-0.4, -0.2) is 37.0 Å². The Bertz CT molecular complexity index is 456. The summed E-state index contributed by atoms with van der Waals surface area (Å²) < 4.78 is 0. The highest BCUT2D eigenvalue weighted by molar-refractivity contribution is 5.85. The zero-order chi connectivity index (χ0) is 14.9. The Morgan fingerprint density at radius 3 is 2.23 bits per heavy atom. The molecule has 5 rings (SSSR count). The van der Waals surface area contributed by atoms with Crippen molar-refractivity contribution in [2.24, 2.45) is 22.2 Å². The first-order chi connectivity index (χ1) is 9.83. The fourth-order valence-electron chi connectivity index (χ4n) is 7.20. The molecule has 3 atom stereocenters. The number of likely N-dealkylation sites (N-methyl/N-ethyl adjacent to an activating group) is 1. The number of nitrogens with zero attached hydrogens (tertiary/aromatic N) is 1. The van der Waals surface area contributed by atoms with Crippen molar-refractivity contribution in [3.05, 3.63) is 0 Å². The van der Waals surface area contributed by atoms with Crippen LogP contribution in [0.1, 0.15) is 58.8 Å². The average molecular weight is 327 g/mol. The second-order valence-corrected chi connectivity index (χ2v) is 9.47. The van der Waals surface area contributed by atoms with Crippen molar-refractivity contribution in [2.45, 2.75) is 64.8 Å². The van der Waals surface area contributed by atoms with Gasteiger partial charge in [-0.15, -0.1) is 12.4 Å². The maximum Gasteiger partial charge on any atom is 0.228 e. The third-order valence-electron chi connectivity index (χ3n) is 6.98. The topological polar surface area (TPSA) is 32.3 Å². The molecular formula is C18H31ClN2O. The lowest BCUT2D eigenvalue weighted by Crippen LogP contribution is -2.61. The van der Waals surface area contributed by atoms with Gasteiger partial charge in [0.05, 0.1) is 5.41 Å². The van der Waals surface area contributed by atoms with E-state index in [-0.39, 0.29) is 17.8 Å². The molecule has 5 fully saturated rings. The number of hydrogen-bond acceptors (Lipinski definition) is 2. The molecule has 126 valence electrons. The largest absolute Gasteiger partial charge is 0.341 e. The number of hydrogen-bond donors (Lipinski definition) is 1. The quantitative estimate of drug-likeness (QED) is 0.845. The highest BCUT2D eigenvalue weighted by atomic mass is 35.5. The third kappa shape index (κ3) is 2.39. The van der Waals surface area contributed by atoms with Crippen molar-refractivity contribution in [3.63, 3.8) is 0 Å². The Morgan fingerprint density at radius 1 is 1.09 bits per heavy atom. The summed E-state index contributed by atoms with van der Waals surface area (Å²) >= 11 is 0. The van der Waals surface area contributed by atoms with Crippen LogP contribution in [0.2, 0.25) is 0 Å². The monoisotopic (exact) mass is 326 g/mol. The first-order valence-electron chi connectivity index (χ1n) is 8.81. The van der Waals surface area contributed by atoms with E-state index in [1.54, 1.807) is 0 Å². The Kier molecular flexibility index (Phi) is 3.85. The van der Waals surface area contributed by atoms with Crippen LogP contribution in [0, 0.1) is 22.2 Å². The van der Waals surface area contributed by atoms with Crippen LogP contribution in [0.5, 0.6) is 0 Å². The SMILES string of the molecule is CN(C(=O)C12CC3CC(C)(CC(C)(C3)C1)C2)C1CCNC1.Cl. The Balaban J connectivity index is 0.00000144. The highest BCUT2D eigenvalue weighted by Crippen LogP contribution is 2.69. The fourth-order valence-corrected chi connectivity index (χ4v) is 7.20. The van der Waals surface area contributed by atoms with Gasteiger partial charge in [0.25, 0.3) is 0 Å². The first-order valence-corrected chi connectivity index (χ1v) is 8.81. The average Bonchev–Trinajstić information content (AvgIpc) is 2.86. The van der Waals surface area contributed by atoms with Gasteiger partial charge in [-0.1, -0.05) is 13.8 Å². The van der Waals surface area contributed by atoms with E-state index in [0.717, 1.165) is 38.3 Å². The van der Waals surface area contributed by atoms with E-state index in [9.17, 15) is 4.79 Å². The molecule has 1 heterocycles. The van der Waals surface area contributed by atoms with Gasteiger partial charge in [0.15, 0.2) is 0 Å². The minimum Gasteiger partial charge on any atom is -0.341 e. The van der Waals surface area contributed by atoms with Gasteiger partial charge in [-0.2, -0.15) is 0 Å². The standard InChI is InChI=1S/C18H30N2O.ClH/c1-16-6-13-7-17(2,10-16)12-18(8-13,11-16)15(21)20(3)14-4-5-19-9-14;/h13-14,19H,4-12H2,1-3H3;1H. The number of rotatable bonds is 2. The number of carbonyl (C=O) groups excluding carboxylic acids is 1. The maximum atomic E-state index is 13.4. The third-order valence-corrected chi connectivity index (χ3v) is 6.98. The summed E-state index contributed by atoms with van der Waals surface area (Å²) in [6, 6.07) is 0.422. The molecule has 4 bridgehead atoms. The van der Waals surface area contributed by atoms with Crippen LogP contribution in [0.25, 0.3) is 0 Å². The van der Waals surface area contributed by atoms with Gasteiger partial charge in [-0.05, 0) is 68.2 Å². The molecular weight excluding hydrogens is 296 g/mol. The molecule has 0 radical (unpaired) electrons. The molecule has 1 saturated heterocycles. The number of halogens is 1. The van der Waals surface area contributed by atoms with E-state index < -0.39 is 0 Å². The van der Waals surface area contributed by atoms with Crippen molar-refractivity contribution in [1.29, 1.82) is 0 Å². The van der Waals surface area contributed by atoms with Gasteiger partial charge in [0, 0.05) is 19.6 Å². The molecule has 0 aromatic rings. The van der Waals surface area contributed by atoms with E-state index in [4.69, 9.17) is 0 Å². The maximum absolute atomic E-state index is 13.4. The molecule has 1 aliphatic heterocycles. The molecule has 5 aliphatic rings. The lowest BCUT2D eigenvalue weighted by molar-refractivity contribution is -0.179. The molecule has 22 heavy (non-hydrogen) atoms. The van der Waals surface area contributed by atoms with E-state index in [2.05, 4.69) is 31.1 Å². The summed E-state index contributed by atoms with van der Waals surface area (Å²) in [6.07, 6.45) is 8.67. The Morgan fingerprint density at radius 2 is 1.73 bits per heavy atom. The van der Waals surface area contributed by atoms with Crippen LogP contribution in [0.3, 0.4) is 0 Å². The lowest BCUT2D eigenvalue weighted by atomic mass is 9.40. The zero-order valence-corrected chi connectivity index (χ0v) is 15.1. The van der Waals surface area contributed by atoms with E-state index >= 15 is 0 Å². The highest BCUT2D eigenvalue weighted by Gasteiger charge is 2.63. The molecule has 0 spiro atoms. The molecule has 1 N–H and O–H groups in total. The Labute approximate surface area is 141 Å². The van der Waals surface area contributed by atoms with Gasteiger partial charge in [0.1, 0.15) is 0 Å². The van der Waals surface area contributed by atoms with Gasteiger partial charge in [-0.3, -0.25) is 4.79 Å². The van der Waals surface area contributed by atoms with Crippen LogP contribution in [-0.2, 0) is 4.79 Å². The predicted molar refractivity (Wildman–Crippen MR) is 91.1 cm³/mol. The van der Waals surface area contributed by atoms with Crippen molar-refractivity contribution in [2.75, 3.05) is 20.1 Å². The zero-order valence-electron chi connectivity index (χ0n) is 14.3. The van der Waals surface area contributed by atoms with Crippen molar-refractivity contribution in [1.82, 2.24) is 10.2 Å². The summed E-state index contributed by atoms with van der Waals surface area (Å²) in [4.78, 5) is 15.5. The van der Waals surface area contributed by atoms with Crippen molar-refractivity contribution >= 4 is 18.3 Å². The molecule has 4 heteroatoms. The van der Waals surface area contributed by atoms with Gasteiger partial charge in [0.2, 0.25) is 5.91 Å². The Hall–Kier alpha value is -0.280. The summed E-state index contributed by atoms with van der Waals surface area (Å²) in [5, 5.41) is 3.40. The van der Waals surface area contributed by atoms with Gasteiger partial charge in [-0.25, -0.2) is 0 Å². The molecule has 3 nitrogen and oxygen atoms in total. The van der Waals surface area contributed by atoms with Gasteiger partial charge < -0.3 is 10.2 Å². The second-order valence-electron chi connectivity index (χ2n) is 9.47. The molecule has 0 aromatic carbocycles. The molecule has 3 unspecified atom stereocenters. The minimum atomic E-state index is -0.0275. The number of carbonyl (C=O) groups is 1. The van der Waals surface area contributed by atoms with Crippen LogP contribution in [0.4, 0.5) is 0 Å². The number of nitrogens with one attached hydrogen (secondary N) is 1. The minimum absolute atomic E-state index is 0. The summed E-state index contributed by atoms with van der Waals surface area (Å²) in [6.45, 7) is 6.95. The van der Waals surface area contributed by atoms with E-state index in [0.29, 0.717) is 22.8 Å². The molecule has 1 amide bonds. The van der Waals surface area contributed by atoms with E-state index in [1.807, 2.05) is 0 Å².